The molecule has 4 nitrogen and oxygen atoms in total. The first kappa shape index (κ1) is 16.9. The number of aryl methyl sites for hydroxylation is 2. The van der Waals surface area contributed by atoms with Gasteiger partial charge in [-0.05, 0) is 48.2 Å². The average molecular weight is 313 g/mol. The summed E-state index contributed by atoms with van der Waals surface area (Å²) in [7, 11) is 3.23. The Labute approximate surface area is 137 Å². The lowest BCUT2D eigenvalue weighted by Crippen LogP contribution is -2.12. The highest BCUT2D eigenvalue weighted by atomic mass is 16.5. The molecule has 0 aliphatic heterocycles. The summed E-state index contributed by atoms with van der Waals surface area (Å²) in [6, 6.07) is 13.6. The van der Waals surface area contributed by atoms with Gasteiger partial charge in [0.25, 0.3) is 0 Å². The Hall–Kier alpha value is -2.49. The van der Waals surface area contributed by atoms with E-state index in [1.165, 1.54) is 5.56 Å². The Kier molecular flexibility index (Phi) is 6.03. The van der Waals surface area contributed by atoms with Gasteiger partial charge in [0.05, 0.1) is 14.2 Å². The highest BCUT2D eigenvalue weighted by Gasteiger charge is 2.06. The van der Waals surface area contributed by atoms with Crippen LogP contribution in [0.3, 0.4) is 0 Å². The third-order valence-corrected chi connectivity index (χ3v) is 3.70. The number of methoxy groups -OCH3 is 2. The van der Waals surface area contributed by atoms with E-state index in [2.05, 4.69) is 12.2 Å². The van der Waals surface area contributed by atoms with Crippen LogP contribution in [0, 0.1) is 0 Å². The lowest BCUT2D eigenvalue weighted by molar-refractivity contribution is -0.116. The maximum atomic E-state index is 12.1. The number of anilines is 1. The molecule has 0 spiro atoms. The Balaban J connectivity index is 1.93. The highest BCUT2D eigenvalue weighted by molar-refractivity contribution is 5.90. The summed E-state index contributed by atoms with van der Waals surface area (Å²) < 4.78 is 10.5. The average Bonchev–Trinajstić information content (AvgIpc) is 2.60. The first-order chi connectivity index (χ1) is 11.1. The molecular formula is C19H23NO3. The largest absolute Gasteiger partial charge is 0.497 e. The fourth-order valence-electron chi connectivity index (χ4n) is 2.32. The molecule has 4 heteroatoms. The van der Waals surface area contributed by atoms with E-state index in [-0.39, 0.29) is 5.91 Å². The Morgan fingerprint density at radius 2 is 1.57 bits per heavy atom. The van der Waals surface area contributed by atoms with Crippen molar-refractivity contribution in [3.05, 3.63) is 53.6 Å². The fraction of sp³-hybridized carbons (Fsp3) is 0.316. The molecular weight excluding hydrogens is 290 g/mol. The summed E-state index contributed by atoms with van der Waals surface area (Å²) >= 11 is 0. The number of hydrogen-bond donors (Lipinski definition) is 1. The molecule has 0 atom stereocenters. The molecule has 0 fully saturated rings. The van der Waals surface area contributed by atoms with Crippen LogP contribution in [-0.2, 0) is 17.6 Å². The molecule has 0 unspecified atom stereocenters. The van der Waals surface area contributed by atoms with Gasteiger partial charge in [-0.25, -0.2) is 0 Å². The molecule has 0 heterocycles. The zero-order chi connectivity index (χ0) is 16.7. The second-order valence-corrected chi connectivity index (χ2v) is 5.32. The molecule has 0 saturated carbocycles. The Morgan fingerprint density at radius 1 is 0.957 bits per heavy atom. The van der Waals surface area contributed by atoms with E-state index >= 15 is 0 Å². The van der Waals surface area contributed by atoms with E-state index in [9.17, 15) is 4.79 Å². The molecule has 122 valence electrons. The molecule has 1 amide bonds. The van der Waals surface area contributed by atoms with Crippen molar-refractivity contribution >= 4 is 11.6 Å². The number of carbonyl (C=O) groups excluding carboxylic acids is 1. The van der Waals surface area contributed by atoms with Crippen LogP contribution in [0.15, 0.2) is 42.5 Å². The minimum atomic E-state index is -0.00367. The normalized spacial score (nSPS) is 10.2. The van der Waals surface area contributed by atoms with Crippen LogP contribution in [0.5, 0.6) is 11.5 Å². The van der Waals surface area contributed by atoms with Crippen LogP contribution in [0.4, 0.5) is 5.69 Å². The van der Waals surface area contributed by atoms with E-state index < -0.39 is 0 Å². The quantitative estimate of drug-likeness (QED) is 0.845. The molecule has 0 bridgehead atoms. The molecule has 0 saturated heterocycles. The summed E-state index contributed by atoms with van der Waals surface area (Å²) in [6.45, 7) is 2.11. The maximum absolute atomic E-state index is 12.1. The van der Waals surface area contributed by atoms with Gasteiger partial charge in [0.2, 0.25) is 5.91 Å². The van der Waals surface area contributed by atoms with Crippen molar-refractivity contribution in [2.24, 2.45) is 0 Å². The predicted molar refractivity (Wildman–Crippen MR) is 92.3 cm³/mol. The van der Waals surface area contributed by atoms with E-state index in [4.69, 9.17) is 9.47 Å². The van der Waals surface area contributed by atoms with Gasteiger partial charge in [-0.2, -0.15) is 0 Å². The van der Waals surface area contributed by atoms with Crippen molar-refractivity contribution in [1.29, 1.82) is 0 Å². The van der Waals surface area contributed by atoms with Crippen LogP contribution in [0.25, 0.3) is 0 Å². The monoisotopic (exact) mass is 313 g/mol. The van der Waals surface area contributed by atoms with Gasteiger partial charge >= 0.3 is 0 Å². The SMILES string of the molecule is CCc1ccc(NC(=O)CCc2cc(OC)cc(OC)c2)cc1. The zero-order valence-corrected chi connectivity index (χ0v) is 13.9. The second kappa shape index (κ2) is 8.22. The minimum absolute atomic E-state index is 0.00367. The van der Waals surface area contributed by atoms with Crippen molar-refractivity contribution < 1.29 is 14.3 Å². The lowest BCUT2D eigenvalue weighted by atomic mass is 10.1. The summed E-state index contributed by atoms with van der Waals surface area (Å²) in [6.07, 6.45) is 2.03. The van der Waals surface area contributed by atoms with Crippen LogP contribution in [-0.4, -0.2) is 20.1 Å². The molecule has 1 N–H and O–H groups in total. The van der Waals surface area contributed by atoms with E-state index in [0.29, 0.717) is 12.8 Å². The molecule has 0 radical (unpaired) electrons. The number of rotatable bonds is 7. The lowest BCUT2D eigenvalue weighted by Gasteiger charge is -2.09. The van der Waals surface area contributed by atoms with Gasteiger partial charge in [0.1, 0.15) is 11.5 Å². The summed E-state index contributed by atoms with van der Waals surface area (Å²) in [4.78, 5) is 12.1. The minimum Gasteiger partial charge on any atom is -0.497 e. The number of nitrogens with one attached hydrogen (secondary N) is 1. The van der Waals surface area contributed by atoms with Crippen molar-refractivity contribution in [2.75, 3.05) is 19.5 Å². The number of hydrogen-bond acceptors (Lipinski definition) is 3. The van der Waals surface area contributed by atoms with E-state index in [1.807, 2.05) is 42.5 Å². The summed E-state index contributed by atoms with van der Waals surface area (Å²) in [5, 5.41) is 2.92. The van der Waals surface area contributed by atoms with E-state index in [0.717, 1.165) is 29.2 Å². The molecule has 0 aliphatic rings. The van der Waals surface area contributed by atoms with E-state index in [1.54, 1.807) is 14.2 Å². The molecule has 23 heavy (non-hydrogen) atoms. The smallest absolute Gasteiger partial charge is 0.224 e. The summed E-state index contributed by atoms with van der Waals surface area (Å²) in [5.74, 6) is 1.46. The van der Waals surface area contributed by atoms with Crippen molar-refractivity contribution in [2.45, 2.75) is 26.2 Å². The third kappa shape index (κ3) is 5.02. The van der Waals surface area contributed by atoms with Crippen molar-refractivity contribution in [3.63, 3.8) is 0 Å². The van der Waals surface area contributed by atoms with Gasteiger partial charge in [0, 0.05) is 18.2 Å². The number of carbonyl (C=O) groups is 1. The van der Waals surface area contributed by atoms with Gasteiger partial charge < -0.3 is 14.8 Å². The van der Waals surface area contributed by atoms with Crippen molar-refractivity contribution in [1.82, 2.24) is 0 Å². The Morgan fingerprint density at radius 3 is 2.09 bits per heavy atom. The standard InChI is InChI=1S/C19H23NO3/c1-4-14-5-8-16(9-6-14)20-19(21)10-7-15-11-17(22-2)13-18(12-15)23-3/h5-6,8-9,11-13H,4,7,10H2,1-3H3,(H,20,21). The predicted octanol–water partition coefficient (Wildman–Crippen LogP) is 3.84. The molecule has 0 aliphatic carbocycles. The number of benzene rings is 2. The highest BCUT2D eigenvalue weighted by Crippen LogP contribution is 2.23. The first-order valence-corrected chi connectivity index (χ1v) is 7.75. The molecule has 2 aromatic carbocycles. The first-order valence-electron chi connectivity index (χ1n) is 7.75. The van der Waals surface area contributed by atoms with Gasteiger partial charge in [-0.1, -0.05) is 19.1 Å². The maximum Gasteiger partial charge on any atom is 0.224 e. The molecule has 2 aromatic rings. The van der Waals surface area contributed by atoms with Gasteiger partial charge in [-0.15, -0.1) is 0 Å². The van der Waals surface area contributed by atoms with Crippen LogP contribution in [0.2, 0.25) is 0 Å². The van der Waals surface area contributed by atoms with Gasteiger partial charge in [0.15, 0.2) is 0 Å². The number of amides is 1. The van der Waals surface area contributed by atoms with Crippen LogP contribution in [0.1, 0.15) is 24.5 Å². The van der Waals surface area contributed by atoms with Crippen molar-refractivity contribution in [3.8, 4) is 11.5 Å². The third-order valence-electron chi connectivity index (χ3n) is 3.70. The topological polar surface area (TPSA) is 47.6 Å². The zero-order valence-electron chi connectivity index (χ0n) is 13.9. The van der Waals surface area contributed by atoms with Crippen LogP contribution >= 0.6 is 0 Å². The molecule has 0 aromatic heterocycles. The Bertz CT molecular complexity index is 628. The molecule has 2 rings (SSSR count). The second-order valence-electron chi connectivity index (χ2n) is 5.32. The fourth-order valence-corrected chi connectivity index (χ4v) is 2.32. The van der Waals surface area contributed by atoms with Gasteiger partial charge in [-0.3, -0.25) is 4.79 Å². The number of ether oxygens (including phenoxy) is 2. The van der Waals surface area contributed by atoms with Crippen LogP contribution < -0.4 is 14.8 Å². The summed E-state index contributed by atoms with van der Waals surface area (Å²) in [5.41, 5.74) is 3.10.